The maximum atomic E-state index is 13.9. The molecule has 2 aliphatic rings. The van der Waals surface area contributed by atoms with Gasteiger partial charge in [0.05, 0.1) is 30.0 Å². The van der Waals surface area contributed by atoms with Gasteiger partial charge in [0.2, 0.25) is 0 Å². The summed E-state index contributed by atoms with van der Waals surface area (Å²) < 4.78 is 18.4. The van der Waals surface area contributed by atoms with Crippen LogP contribution in [0.25, 0.3) is 21.3 Å². The molecule has 0 saturated carbocycles. The third kappa shape index (κ3) is 9.62. The second-order valence-electron chi connectivity index (χ2n) is 15.7. The third-order valence-electron chi connectivity index (χ3n) is 10.6. The van der Waals surface area contributed by atoms with Crippen LogP contribution in [0.5, 0.6) is 5.75 Å². The summed E-state index contributed by atoms with van der Waals surface area (Å²) in [7, 11) is 0. The van der Waals surface area contributed by atoms with Crippen LogP contribution < -0.4 is 15.0 Å². The van der Waals surface area contributed by atoms with Crippen LogP contribution in [0.3, 0.4) is 0 Å². The van der Waals surface area contributed by atoms with Crippen LogP contribution in [0, 0.1) is 12.8 Å². The highest BCUT2D eigenvalue weighted by atomic mass is 32.1. The van der Waals surface area contributed by atoms with Crippen LogP contribution in [-0.2, 0) is 27.2 Å². The van der Waals surface area contributed by atoms with E-state index in [0.717, 1.165) is 70.6 Å². The number of amides is 1. The molecule has 2 aromatic heterocycles. The summed E-state index contributed by atoms with van der Waals surface area (Å²) in [6, 6.07) is 23.4. The molecule has 0 aliphatic carbocycles. The minimum Gasteiger partial charge on any atom is -0.493 e. The summed E-state index contributed by atoms with van der Waals surface area (Å²) in [6.45, 7) is 13.6. The van der Waals surface area contributed by atoms with Crippen molar-refractivity contribution in [3.8, 4) is 16.9 Å². The molecule has 0 bridgehead atoms. The van der Waals surface area contributed by atoms with E-state index in [1.807, 2.05) is 101 Å². The Kier molecular flexibility index (Phi) is 12.2. The third-order valence-corrected chi connectivity index (χ3v) is 11.5. The number of pyridine rings is 1. The van der Waals surface area contributed by atoms with E-state index in [-0.39, 0.29) is 17.6 Å². The number of nitrogens with zero attached hydrogens (tertiary/aromatic N) is 4. The minimum atomic E-state index is -0.726. The van der Waals surface area contributed by atoms with Gasteiger partial charge in [0.15, 0.2) is 10.8 Å². The van der Waals surface area contributed by atoms with Gasteiger partial charge in [-0.15, -0.1) is 0 Å². The second kappa shape index (κ2) is 17.4. The zero-order valence-corrected chi connectivity index (χ0v) is 34.2. The largest absolute Gasteiger partial charge is 0.493 e. The number of para-hydroxylation sites is 1. The van der Waals surface area contributed by atoms with Crippen molar-refractivity contribution in [2.75, 3.05) is 49.6 Å². The number of thiazole rings is 1. The van der Waals surface area contributed by atoms with Crippen molar-refractivity contribution in [2.24, 2.45) is 5.92 Å². The molecule has 2 aliphatic heterocycles. The Balaban J connectivity index is 1.08. The van der Waals surface area contributed by atoms with Crippen molar-refractivity contribution >= 4 is 50.3 Å². The molecule has 0 atom stereocenters. The van der Waals surface area contributed by atoms with Gasteiger partial charge >= 0.3 is 11.9 Å². The lowest BCUT2D eigenvalue weighted by Crippen LogP contribution is -2.38. The standard InChI is InChI=1S/C45H51N5O6S/c1-6-54-40(51)28-49-23-19-30(20-24-49)22-26-55-37-15-10-12-32(29(37)2)33-17-18-39(47-41(33)43(53)56-45(3,4)5)50-25-21-31-11-9-13-34(35(31)27-50)42(52)48-44-46-36-14-7-8-16-38(36)57-44/h7-18,30H,6,19-28H2,1-5H3,(H,46,48,52). The van der Waals surface area contributed by atoms with E-state index in [4.69, 9.17) is 19.2 Å². The number of esters is 2. The van der Waals surface area contributed by atoms with Gasteiger partial charge in [-0.2, -0.15) is 0 Å². The number of likely N-dealkylation sites (tertiary alicyclic amines) is 1. The molecule has 298 valence electrons. The first-order chi connectivity index (χ1) is 27.5. The molecule has 1 N–H and O–H groups in total. The quantitative estimate of drug-likeness (QED) is 0.123. The van der Waals surface area contributed by atoms with Gasteiger partial charge in [0.1, 0.15) is 17.2 Å². The fourth-order valence-corrected chi connectivity index (χ4v) is 8.49. The fourth-order valence-electron chi connectivity index (χ4n) is 7.62. The van der Waals surface area contributed by atoms with E-state index in [9.17, 15) is 14.4 Å². The molecule has 11 nitrogen and oxygen atoms in total. The number of aromatic nitrogens is 2. The number of carbonyl (C=O) groups is 3. The SMILES string of the molecule is CCOC(=O)CN1CCC(CCOc2cccc(-c3ccc(N4CCc5cccc(C(=O)Nc6nc7ccccc7s6)c5C4)nc3C(=O)OC(C)(C)C)c2C)CC1. The van der Waals surface area contributed by atoms with E-state index in [0.29, 0.717) is 67.3 Å². The summed E-state index contributed by atoms with van der Waals surface area (Å²) >= 11 is 1.45. The maximum absolute atomic E-state index is 13.9. The van der Waals surface area contributed by atoms with Gasteiger partial charge in [-0.05, 0) is 138 Å². The monoisotopic (exact) mass is 789 g/mol. The number of rotatable bonds is 12. The van der Waals surface area contributed by atoms with Gasteiger partial charge in [-0.3, -0.25) is 19.8 Å². The van der Waals surface area contributed by atoms with E-state index >= 15 is 0 Å². The average molecular weight is 790 g/mol. The first-order valence-corrected chi connectivity index (χ1v) is 20.6. The molecule has 0 unspecified atom stereocenters. The normalized spacial score (nSPS) is 14.9. The Morgan fingerprint density at radius 3 is 2.47 bits per heavy atom. The molecular formula is C45H51N5O6S. The smallest absolute Gasteiger partial charge is 0.358 e. The first kappa shape index (κ1) is 39.9. The number of fused-ring (bicyclic) bond motifs is 2. The maximum Gasteiger partial charge on any atom is 0.358 e. The van der Waals surface area contributed by atoms with Crippen molar-refractivity contribution in [3.05, 3.63) is 101 Å². The summed E-state index contributed by atoms with van der Waals surface area (Å²) in [5.74, 6) is 1.03. The Bertz CT molecular complexity index is 2220. The van der Waals surface area contributed by atoms with E-state index in [2.05, 4.69) is 26.2 Å². The van der Waals surface area contributed by atoms with E-state index < -0.39 is 11.6 Å². The molecule has 57 heavy (non-hydrogen) atoms. The summed E-state index contributed by atoms with van der Waals surface area (Å²) in [4.78, 5) is 53.4. The predicted molar refractivity (Wildman–Crippen MR) is 224 cm³/mol. The lowest BCUT2D eigenvalue weighted by molar-refractivity contribution is -0.144. The molecule has 12 heteroatoms. The highest BCUT2D eigenvalue weighted by molar-refractivity contribution is 7.22. The molecule has 1 amide bonds. The van der Waals surface area contributed by atoms with Gasteiger partial charge in [0, 0.05) is 24.2 Å². The minimum absolute atomic E-state index is 0.163. The van der Waals surface area contributed by atoms with Crippen molar-refractivity contribution in [1.82, 2.24) is 14.9 Å². The molecule has 4 heterocycles. The molecule has 1 saturated heterocycles. The van der Waals surface area contributed by atoms with Crippen LogP contribution in [0.1, 0.15) is 84.5 Å². The van der Waals surface area contributed by atoms with Crippen molar-refractivity contribution in [3.63, 3.8) is 0 Å². The molecule has 7 rings (SSSR count). The number of nitrogens with one attached hydrogen (secondary N) is 1. The second-order valence-corrected chi connectivity index (χ2v) is 16.7. The van der Waals surface area contributed by atoms with Gasteiger partial charge in [0.25, 0.3) is 5.91 Å². The zero-order chi connectivity index (χ0) is 40.1. The summed E-state index contributed by atoms with van der Waals surface area (Å²) in [6.07, 6.45) is 3.66. The van der Waals surface area contributed by atoms with Crippen LogP contribution >= 0.6 is 11.3 Å². The van der Waals surface area contributed by atoms with Gasteiger partial charge < -0.3 is 19.1 Å². The Labute approximate surface area is 338 Å². The van der Waals surface area contributed by atoms with Crippen molar-refractivity contribution in [2.45, 2.75) is 72.4 Å². The van der Waals surface area contributed by atoms with Crippen LogP contribution in [-0.4, -0.2) is 77.7 Å². The number of piperidine rings is 1. The Hall–Kier alpha value is -5.33. The molecule has 1 fully saturated rings. The predicted octanol–water partition coefficient (Wildman–Crippen LogP) is 8.48. The van der Waals surface area contributed by atoms with E-state index in [1.165, 1.54) is 11.3 Å². The Morgan fingerprint density at radius 1 is 0.912 bits per heavy atom. The molecule has 3 aromatic carbocycles. The van der Waals surface area contributed by atoms with Crippen LogP contribution in [0.2, 0.25) is 0 Å². The summed E-state index contributed by atoms with van der Waals surface area (Å²) in [5, 5.41) is 3.58. The van der Waals surface area contributed by atoms with Crippen LogP contribution in [0.4, 0.5) is 10.9 Å². The zero-order valence-electron chi connectivity index (χ0n) is 33.4. The lowest BCUT2D eigenvalue weighted by Gasteiger charge is -2.31. The lowest BCUT2D eigenvalue weighted by atomic mass is 9.94. The van der Waals surface area contributed by atoms with Crippen molar-refractivity contribution < 1.29 is 28.6 Å². The number of hydrogen-bond acceptors (Lipinski definition) is 11. The summed E-state index contributed by atoms with van der Waals surface area (Å²) in [5.41, 5.74) is 5.40. The number of anilines is 2. The Morgan fingerprint density at radius 2 is 1.70 bits per heavy atom. The molecule has 0 radical (unpaired) electrons. The highest BCUT2D eigenvalue weighted by Gasteiger charge is 2.28. The van der Waals surface area contributed by atoms with Crippen LogP contribution in [0.15, 0.2) is 72.8 Å². The molecular weight excluding hydrogens is 739 g/mol. The van der Waals surface area contributed by atoms with E-state index in [1.54, 1.807) is 0 Å². The molecule has 0 spiro atoms. The fraction of sp³-hybridized carbons (Fsp3) is 0.400. The average Bonchev–Trinajstić information content (AvgIpc) is 3.60. The highest BCUT2D eigenvalue weighted by Crippen LogP contribution is 2.36. The van der Waals surface area contributed by atoms with Crippen molar-refractivity contribution in [1.29, 1.82) is 0 Å². The number of benzene rings is 3. The number of ether oxygens (including phenoxy) is 3. The number of hydrogen-bond donors (Lipinski definition) is 1. The topological polar surface area (TPSA) is 123 Å². The first-order valence-electron chi connectivity index (χ1n) is 19.8. The van der Waals surface area contributed by atoms with Gasteiger partial charge in [-0.25, -0.2) is 14.8 Å². The van der Waals surface area contributed by atoms with Gasteiger partial charge in [-0.1, -0.05) is 47.7 Å². The molecule has 5 aromatic rings. The number of carbonyl (C=O) groups excluding carboxylic acids is 3.